The SMILES string of the molecule is COc1cc(F)c2c(-c3ccccc3)c(C(=O)O)c(N)nc2c1. The fourth-order valence-electron chi connectivity index (χ4n) is 2.57. The van der Waals surface area contributed by atoms with E-state index < -0.39 is 11.8 Å². The summed E-state index contributed by atoms with van der Waals surface area (Å²) in [5.74, 6) is -1.76. The number of ether oxygens (including phenoxy) is 1. The van der Waals surface area contributed by atoms with E-state index in [1.165, 1.54) is 19.2 Å². The van der Waals surface area contributed by atoms with Gasteiger partial charge in [0.05, 0.1) is 12.6 Å². The summed E-state index contributed by atoms with van der Waals surface area (Å²) in [7, 11) is 1.41. The van der Waals surface area contributed by atoms with Crippen LogP contribution in [-0.4, -0.2) is 23.2 Å². The summed E-state index contributed by atoms with van der Waals surface area (Å²) in [6, 6.07) is 11.4. The van der Waals surface area contributed by atoms with Crippen LogP contribution in [0.5, 0.6) is 5.75 Å². The highest BCUT2D eigenvalue weighted by molar-refractivity contribution is 6.10. The molecule has 0 fully saturated rings. The van der Waals surface area contributed by atoms with Gasteiger partial charge in [0.1, 0.15) is 22.9 Å². The molecule has 0 bridgehead atoms. The second-order valence-corrected chi connectivity index (χ2v) is 4.92. The van der Waals surface area contributed by atoms with Gasteiger partial charge >= 0.3 is 5.97 Å². The first kappa shape index (κ1) is 14.8. The standard InChI is InChI=1S/C17H13FN2O3/c1-23-10-7-11(18)14-12(8-10)20-16(19)15(17(21)22)13(14)9-5-3-2-4-6-9/h2-8H,1H3,(H2,19,20)(H,21,22). The molecule has 0 saturated carbocycles. The van der Waals surface area contributed by atoms with E-state index in [0.717, 1.165) is 0 Å². The first-order chi connectivity index (χ1) is 11.0. The van der Waals surface area contributed by atoms with Gasteiger partial charge in [-0.1, -0.05) is 30.3 Å². The van der Waals surface area contributed by atoms with Crippen molar-refractivity contribution in [3.63, 3.8) is 0 Å². The number of carbonyl (C=O) groups is 1. The number of halogens is 1. The summed E-state index contributed by atoms with van der Waals surface area (Å²) in [4.78, 5) is 15.7. The van der Waals surface area contributed by atoms with Crippen molar-refractivity contribution in [1.82, 2.24) is 4.98 Å². The van der Waals surface area contributed by atoms with Crippen molar-refractivity contribution in [2.45, 2.75) is 0 Å². The first-order valence-corrected chi connectivity index (χ1v) is 6.78. The molecule has 6 heteroatoms. The van der Waals surface area contributed by atoms with Crippen LogP contribution < -0.4 is 10.5 Å². The van der Waals surface area contributed by atoms with Crippen molar-refractivity contribution in [3.05, 3.63) is 53.8 Å². The number of benzene rings is 2. The maximum absolute atomic E-state index is 14.6. The molecule has 3 aromatic rings. The number of nitrogen functional groups attached to an aromatic ring is 1. The third-order valence-electron chi connectivity index (χ3n) is 3.55. The van der Waals surface area contributed by atoms with Crippen molar-refractivity contribution in [1.29, 1.82) is 0 Å². The Morgan fingerprint density at radius 2 is 1.96 bits per heavy atom. The first-order valence-electron chi connectivity index (χ1n) is 6.78. The molecule has 0 saturated heterocycles. The highest BCUT2D eigenvalue weighted by Gasteiger charge is 2.23. The van der Waals surface area contributed by atoms with E-state index in [1.807, 2.05) is 0 Å². The zero-order valence-electron chi connectivity index (χ0n) is 12.2. The Morgan fingerprint density at radius 1 is 1.26 bits per heavy atom. The number of aromatic carboxylic acids is 1. The number of fused-ring (bicyclic) bond motifs is 1. The Balaban J connectivity index is 2.51. The molecule has 0 atom stereocenters. The van der Waals surface area contributed by atoms with E-state index in [9.17, 15) is 14.3 Å². The predicted octanol–water partition coefficient (Wildman–Crippen LogP) is 3.33. The van der Waals surface area contributed by atoms with Gasteiger partial charge in [0, 0.05) is 23.1 Å². The van der Waals surface area contributed by atoms with Crippen LogP contribution in [-0.2, 0) is 0 Å². The highest BCUT2D eigenvalue weighted by Crippen LogP contribution is 2.37. The van der Waals surface area contributed by atoms with Crippen molar-refractivity contribution in [2.75, 3.05) is 12.8 Å². The van der Waals surface area contributed by atoms with E-state index >= 15 is 0 Å². The average Bonchev–Trinajstić information content (AvgIpc) is 2.53. The number of hydrogen-bond acceptors (Lipinski definition) is 4. The summed E-state index contributed by atoms with van der Waals surface area (Å²) in [6.45, 7) is 0. The molecule has 0 spiro atoms. The number of pyridine rings is 1. The van der Waals surface area contributed by atoms with Crippen LogP contribution >= 0.6 is 0 Å². The average molecular weight is 312 g/mol. The molecule has 1 heterocycles. The van der Waals surface area contributed by atoms with E-state index in [1.54, 1.807) is 30.3 Å². The Labute approximate surface area is 131 Å². The topological polar surface area (TPSA) is 85.4 Å². The molecule has 0 aliphatic rings. The van der Waals surface area contributed by atoms with Gasteiger partial charge in [0.15, 0.2) is 0 Å². The Kier molecular flexibility index (Phi) is 3.57. The van der Waals surface area contributed by atoms with Gasteiger partial charge < -0.3 is 15.6 Å². The Hall–Kier alpha value is -3.15. The number of nitrogens with zero attached hydrogens (tertiary/aromatic N) is 1. The second-order valence-electron chi connectivity index (χ2n) is 4.92. The molecule has 2 aromatic carbocycles. The maximum atomic E-state index is 14.6. The van der Waals surface area contributed by atoms with Crippen LogP contribution in [0.15, 0.2) is 42.5 Å². The fraction of sp³-hybridized carbons (Fsp3) is 0.0588. The molecule has 1 aromatic heterocycles. The van der Waals surface area contributed by atoms with Crippen molar-refractivity contribution in [2.24, 2.45) is 0 Å². The molecule has 0 unspecified atom stereocenters. The van der Waals surface area contributed by atoms with Crippen LogP contribution in [0.2, 0.25) is 0 Å². The van der Waals surface area contributed by atoms with Gasteiger partial charge in [0.25, 0.3) is 0 Å². The molecular formula is C17H13FN2O3. The van der Waals surface area contributed by atoms with E-state index in [-0.39, 0.29) is 33.6 Å². The summed E-state index contributed by atoms with van der Waals surface area (Å²) in [5.41, 5.74) is 6.59. The number of anilines is 1. The quantitative estimate of drug-likeness (QED) is 0.775. The minimum absolute atomic E-state index is 0.101. The van der Waals surface area contributed by atoms with Crippen molar-refractivity contribution in [3.8, 4) is 16.9 Å². The number of rotatable bonds is 3. The lowest BCUT2D eigenvalue weighted by atomic mass is 9.95. The molecule has 0 amide bonds. The van der Waals surface area contributed by atoms with Gasteiger partial charge in [-0.05, 0) is 5.56 Å². The van der Waals surface area contributed by atoms with Crippen LogP contribution in [0.3, 0.4) is 0 Å². The molecule has 5 nitrogen and oxygen atoms in total. The zero-order chi connectivity index (χ0) is 16.6. The lowest BCUT2D eigenvalue weighted by Gasteiger charge is -2.14. The van der Waals surface area contributed by atoms with Crippen LogP contribution in [0.25, 0.3) is 22.0 Å². The van der Waals surface area contributed by atoms with E-state index in [0.29, 0.717) is 5.56 Å². The molecule has 0 radical (unpaired) electrons. The lowest BCUT2D eigenvalue weighted by molar-refractivity contribution is 0.0698. The third kappa shape index (κ3) is 2.44. The number of nitrogens with two attached hydrogens (primary N) is 1. The predicted molar refractivity (Wildman–Crippen MR) is 85.1 cm³/mol. The summed E-state index contributed by atoms with van der Waals surface area (Å²) in [6.07, 6.45) is 0. The van der Waals surface area contributed by atoms with Gasteiger partial charge in [-0.3, -0.25) is 0 Å². The molecule has 0 aliphatic heterocycles. The summed E-state index contributed by atoms with van der Waals surface area (Å²) >= 11 is 0. The highest BCUT2D eigenvalue weighted by atomic mass is 19.1. The van der Waals surface area contributed by atoms with Gasteiger partial charge in [-0.25, -0.2) is 14.2 Å². The number of hydrogen-bond donors (Lipinski definition) is 2. The van der Waals surface area contributed by atoms with Crippen molar-refractivity contribution < 1.29 is 19.0 Å². The Morgan fingerprint density at radius 3 is 2.57 bits per heavy atom. The van der Waals surface area contributed by atoms with Crippen LogP contribution in [0, 0.1) is 5.82 Å². The molecule has 3 N–H and O–H groups in total. The minimum Gasteiger partial charge on any atom is -0.497 e. The van der Waals surface area contributed by atoms with Gasteiger partial charge in [-0.15, -0.1) is 0 Å². The van der Waals surface area contributed by atoms with Gasteiger partial charge in [0.2, 0.25) is 0 Å². The molecule has 3 rings (SSSR count). The van der Waals surface area contributed by atoms with E-state index in [2.05, 4.69) is 4.98 Å². The number of methoxy groups -OCH3 is 1. The Bertz CT molecular complexity index is 911. The number of aromatic nitrogens is 1. The lowest BCUT2D eigenvalue weighted by Crippen LogP contribution is -2.08. The van der Waals surface area contributed by atoms with E-state index in [4.69, 9.17) is 10.5 Å². The largest absolute Gasteiger partial charge is 0.497 e. The monoisotopic (exact) mass is 312 g/mol. The smallest absolute Gasteiger partial charge is 0.340 e. The molecular weight excluding hydrogens is 299 g/mol. The summed E-state index contributed by atoms with van der Waals surface area (Å²) in [5, 5.41) is 9.59. The third-order valence-corrected chi connectivity index (χ3v) is 3.55. The zero-order valence-corrected chi connectivity index (χ0v) is 12.2. The summed E-state index contributed by atoms with van der Waals surface area (Å²) < 4.78 is 19.6. The van der Waals surface area contributed by atoms with Gasteiger partial charge in [-0.2, -0.15) is 0 Å². The molecule has 23 heavy (non-hydrogen) atoms. The second kappa shape index (κ2) is 5.57. The normalized spacial score (nSPS) is 10.7. The van der Waals surface area contributed by atoms with Crippen LogP contribution in [0.4, 0.5) is 10.2 Å². The number of carboxylic acids is 1. The molecule has 0 aliphatic carbocycles. The maximum Gasteiger partial charge on any atom is 0.340 e. The fourth-order valence-corrected chi connectivity index (χ4v) is 2.57. The van der Waals surface area contributed by atoms with Crippen molar-refractivity contribution >= 4 is 22.7 Å². The minimum atomic E-state index is -1.26. The number of carboxylic acid groups (broad SMARTS) is 1. The molecule has 116 valence electrons. The van der Waals surface area contributed by atoms with Crippen LogP contribution in [0.1, 0.15) is 10.4 Å².